The van der Waals surface area contributed by atoms with Crippen LogP contribution >= 0.6 is 0 Å². The minimum absolute atomic E-state index is 0.00125. The summed E-state index contributed by atoms with van der Waals surface area (Å²) in [4.78, 5) is 30.3. The van der Waals surface area contributed by atoms with Crippen LogP contribution in [0.1, 0.15) is 36.1 Å². The van der Waals surface area contributed by atoms with Gasteiger partial charge in [-0.1, -0.05) is 13.0 Å². The van der Waals surface area contributed by atoms with Crippen molar-refractivity contribution in [1.29, 1.82) is 0 Å². The summed E-state index contributed by atoms with van der Waals surface area (Å²) in [5.41, 5.74) is 1.78. The van der Waals surface area contributed by atoms with Gasteiger partial charge in [-0.3, -0.25) is 14.5 Å². The Kier molecular flexibility index (Phi) is 8.35. The third-order valence-corrected chi connectivity index (χ3v) is 6.73. The van der Waals surface area contributed by atoms with E-state index in [4.69, 9.17) is 14.2 Å². The molecular weight excluding hydrogens is 476 g/mol. The van der Waals surface area contributed by atoms with Gasteiger partial charge in [-0.2, -0.15) is 0 Å². The van der Waals surface area contributed by atoms with Crippen molar-refractivity contribution < 1.29 is 34.0 Å². The van der Waals surface area contributed by atoms with Crippen molar-refractivity contribution in [3.8, 4) is 17.2 Å². The number of hydrogen-bond donors (Lipinski definition) is 2. The highest BCUT2D eigenvalue weighted by molar-refractivity contribution is 6.46. The number of carbonyl (C=O) groups is 2. The van der Waals surface area contributed by atoms with Crippen LogP contribution in [0.2, 0.25) is 0 Å². The third-order valence-electron chi connectivity index (χ3n) is 6.73. The second kappa shape index (κ2) is 11.7. The van der Waals surface area contributed by atoms with Crippen LogP contribution < -0.4 is 9.47 Å². The van der Waals surface area contributed by atoms with Crippen molar-refractivity contribution in [1.82, 2.24) is 9.80 Å². The minimum atomic E-state index is -0.841. The van der Waals surface area contributed by atoms with E-state index in [9.17, 15) is 19.8 Å². The topological polar surface area (TPSA) is 109 Å². The van der Waals surface area contributed by atoms with E-state index in [1.54, 1.807) is 30.3 Å². The first-order chi connectivity index (χ1) is 17.8. The Bertz CT molecular complexity index is 1190. The molecule has 2 aliphatic rings. The van der Waals surface area contributed by atoms with Crippen molar-refractivity contribution in [2.24, 2.45) is 0 Å². The fourth-order valence-corrected chi connectivity index (χ4v) is 4.72. The van der Waals surface area contributed by atoms with Gasteiger partial charge in [0.05, 0.1) is 38.5 Å². The van der Waals surface area contributed by atoms with Crippen molar-refractivity contribution in [2.75, 3.05) is 53.1 Å². The van der Waals surface area contributed by atoms with E-state index < -0.39 is 17.7 Å². The lowest BCUT2D eigenvalue weighted by Crippen LogP contribution is -2.42. The fraction of sp³-hybridized carbons (Fsp3) is 0.429. The SMILES string of the molecule is CCCOc1ccc(C(O)=C2C(=O)C(=O)N(CCN3CCOCC3)[C@H]2c2ccc(O)c(OC)c2)cc1C. The maximum Gasteiger partial charge on any atom is 0.295 e. The summed E-state index contributed by atoms with van der Waals surface area (Å²) in [5, 5.41) is 21.5. The van der Waals surface area contributed by atoms with Gasteiger partial charge >= 0.3 is 0 Å². The molecule has 1 atom stereocenters. The lowest BCUT2D eigenvalue weighted by atomic mass is 9.94. The number of hydrogen-bond acceptors (Lipinski definition) is 8. The average molecular weight is 511 g/mol. The monoisotopic (exact) mass is 510 g/mol. The van der Waals surface area contributed by atoms with E-state index in [1.165, 1.54) is 18.1 Å². The molecule has 0 saturated carbocycles. The first-order valence-corrected chi connectivity index (χ1v) is 12.5. The predicted molar refractivity (Wildman–Crippen MR) is 138 cm³/mol. The molecule has 2 heterocycles. The highest BCUT2D eigenvalue weighted by Gasteiger charge is 2.46. The zero-order chi connectivity index (χ0) is 26.5. The summed E-state index contributed by atoms with van der Waals surface area (Å²) in [5.74, 6) is -0.829. The largest absolute Gasteiger partial charge is 0.507 e. The number of rotatable bonds is 9. The fourth-order valence-electron chi connectivity index (χ4n) is 4.72. The average Bonchev–Trinajstić information content (AvgIpc) is 3.16. The molecule has 0 unspecified atom stereocenters. The van der Waals surface area contributed by atoms with E-state index in [1.807, 2.05) is 13.8 Å². The second-order valence-electron chi connectivity index (χ2n) is 9.21. The van der Waals surface area contributed by atoms with Gasteiger partial charge in [0.25, 0.3) is 11.7 Å². The number of phenolic OH excluding ortho intramolecular Hbond substituents is 1. The number of amides is 1. The van der Waals surface area contributed by atoms with Crippen LogP contribution in [0.4, 0.5) is 0 Å². The molecule has 2 aliphatic heterocycles. The normalized spacial score (nSPS) is 19.9. The quantitative estimate of drug-likeness (QED) is 0.301. The number of morpholine rings is 1. The predicted octanol–water partition coefficient (Wildman–Crippen LogP) is 3.25. The van der Waals surface area contributed by atoms with Crippen LogP contribution in [0.5, 0.6) is 17.2 Å². The number of carbonyl (C=O) groups excluding carboxylic acids is 2. The first-order valence-electron chi connectivity index (χ1n) is 12.5. The molecule has 198 valence electrons. The van der Waals surface area contributed by atoms with Gasteiger partial charge in [0.1, 0.15) is 11.5 Å². The van der Waals surface area contributed by atoms with Crippen molar-refractivity contribution in [3.05, 3.63) is 58.7 Å². The summed E-state index contributed by atoms with van der Waals surface area (Å²) >= 11 is 0. The Balaban J connectivity index is 1.75. The number of aliphatic hydroxyl groups excluding tert-OH is 1. The molecule has 2 fully saturated rings. The van der Waals surface area contributed by atoms with Gasteiger partial charge in [-0.25, -0.2) is 0 Å². The molecule has 0 bridgehead atoms. The molecular formula is C28H34N2O7. The number of phenols is 1. The molecule has 1 amide bonds. The molecule has 0 radical (unpaired) electrons. The molecule has 0 aromatic heterocycles. The van der Waals surface area contributed by atoms with Crippen LogP contribution in [0.25, 0.3) is 5.76 Å². The molecule has 9 heteroatoms. The molecule has 0 aliphatic carbocycles. The van der Waals surface area contributed by atoms with Gasteiger partial charge in [-0.15, -0.1) is 0 Å². The maximum atomic E-state index is 13.3. The van der Waals surface area contributed by atoms with Crippen molar-refractivity contribution in [2.45, 2.75) is 26.3 Å². The van der Waals surface area contributed by atoms with Gasteiger partial charge in [-0.05, 0) is 54.8 Å². The van der Waals surface area contributed by atoms with E-state index in [0.717, 1.165) is 25.1 Å². The smallest absolute Gasteiger partial charge is 0.295 e. The van der Waals surface area contributed by atoms with Crippen molar-refractivity contribution >= 4 is 17.4 Å². The minimum Gasteiger partial charge on any atom is -0.507 e. The Labute approximate surface area is 216 Å². The number of aromatic hydroxyl groups is 1. The first kappa shape index (κ1) is 26.5. The zero-order valence-electron chi connectivity index (χ0n) is 21.5. The Morgan fingerprint density at radius 3 is 2.51 bits per heavy atom. The van der Waals surface area contributed by atoms with E-state index in [0.29, 0.717) is 43.2 Å². The highest BCUT2D eigenvalue weighted by atomic mass is 16.5. The van der Waals surface area contributed by atoms with Crippen LogP contribution in [0.15, 0.2) is 42.0 Å². The molecule has 9 nitrogen and oxygen atoms in total. The summed E-state index contributed by atoms with van der Waals surface area (Å²) in [7, 11) is 1.43. The summed E-state index contributed by atoms with van der Waals surface area (Å²) in [6.07, 6.45) is 0.866. The molecule has 37 heavy (non-hydrogen) atoms. The Morgan fingerprint density at radius 1 is 1.08 bits per heavy atom. The highest BCUT2D eigenvalue weighted by Crippen LogP contribution is 2.42. The second-order valence-corrected chi connectivity index (χ2v) is 9.21. The van der Waals surface area contributed by atoms with E-state index in [-0.39, 0.29) is 29.4 Å². The molecule has 2 saturated heterocycles. The van der Waals surface area contributed by atoms with Crippen LogP contribution in [0, 0.1) is 6.92 Å². The van der Waals surface area contributed by atoms with E-state index >= 15 is 0 Å². The number of methoxy groups -OCH3 is 1. The molecule has 4 rings (SSSR count). The number of Topliss-reactive ketones (excluding diaryl/α,β-unsaturated/α-hetero) is 1. The number of ether oxygens (including phenoxy) is 3. The summed E-state index contributed by atoms with van der Waals surface area (Å²) in [6, 6.07) is 9.03. The maximum absolute atomic E-state index is 13.3. The molecule has 0 spiro atoms. The lowest BCUT2D eigenvalue weighted by molar-refractivity contribution is -0.140. The molecule has 2 aromatic carbocycles. The third kappa shape index (κ3) is 5.57. The van der Waals surface area contributed by atoms with Crippen molar-refractivity contribution in [3.63, 3.8) is 0 Å². The van der Waals surface area contributed by atoms with Gasteiger partial charge in [0, 0.05) is 31.7 Å². The molecule has 2 aromatic rings. The zero-order valence-corrected chi connectivity index (χ0v) is 21.5. The number of benzene rings is 2. The standard InChI is InChI=1S/C28H34N2O7/c1-4-13-37-22-8-6-20(16-18(22)2)26(32)24-25(19-5-7-21(31)23(17-19)35-3)30(28(34)27(24)33)10-9-29-11-14-36-15-12-29/h5-8,16-17,25,31-32H,4,9-15H2,1-3H3/t25-/m0/s1. The number of aryl methyl sites for hydroxylation is 1. The van der Waals surface area contributed by atoms with Crippen LogP contribution in [0.3, 0.4) is 0 Å². The van der Waals surface area contributed by atoms with Crippen LogP contribution in [-0.4, -0.2) is 84.8 Å². The van der Waals surface area contributed by atoms with Crippen LogP contribution in [-0.2, 0) is 14.3 Å². The Morgan fingerprint density at radius 2 is 1.84 bits per heavy atom. The number of likely N-dealkylation sites (tertiary alicyclic amines) is 1. The Hall–Kier alpha value is -3.56. The van der Waals surface area contributed by atoms with E-state index in [2.05, 4.69) is 4.90 Å². The van der Waals surface area contributed by atoms with Gasteiger partial charge in [0.15, 0.2) is 11.5 Å². The number of aliphatic hydroxyl groups is 1. The van der Waals surface area contributed by atoms with Gasteiger partial charge < -0.3 is 29.3 Å². The number of nitrogens with zero attached hydrogens (tertiary/aromatic N) is 2. The summed E-state index contributed by atoms with van der Waals surface area (Å²) in [6.45, 7) is 8.03. The van der Waals surface area contributed by atoms with Gasteiger partial charge in [0.2, 0.25) is 0 Å². The summed E-state index contributed by atoms with van der Waals surface area (Å²) < 4.78 is 16.4. The lowest BCUT2D eigenvalue weighted by Gasteiger charge is -2.31. The molecule has 2 N–H and O–H groups in total. The number of ketones is 1.